The molecule has 0 N–H and O–H groups in total. The van der Waals surface area contributed by atoms with Gasteiger partial charge in [0.1, 0.15) is 0 Å². The van der Waals surface area contributed by atoms with Crippen LogP contribution in [0.3, 0.4) is 0 Å². The molecule has 0 saturated heterocycles. The Kier molecular flexibility index (Phi) is 2.44. The molecule has 0 fully saturated rings. The van der Waals surface area contributed by atoms with Gasteiger partial charge in [-0.05, 0) is 84.2 Å². The molecule has 0 amide bonds. The predicted molar refractivity (Wildman–Crippen MR) is 163 cm³/mol. The molecule has 0 aromatic heterocycles. The van der Waals surface area contributed by atoms with Crippen LogP contribution in [0.5, 0.6) is 0 Å². The van der Waals surface area contributed by atoms with Gasteiger partial charge in [-0.15, -0.1) is 0 Å². The summed E-state index contributed by atoms with van der Waals surface area (Å²) < 4.78 is 176. The molecule has 0 unspecified atom stereocenters. The lowest BCUT2D eigenvalue weighted by molar-refractivity contribution is 1.58. The average molecular weight is 503 g/mol. The Morgan fingerprint density at radius 1 is 0.342 bits per heavy atom. The minimum atomic E-state index is -0.817. The van der Waals surface area contributed by atoms with Crippen molar-refractivity contribution in [1.29, 1.82) is 0 Å². The average Bonchev–Trinajstić information content (AvgIpc) is 3.21. The van der Waals surface area contributed by atoms with Crippen molar-refractivity contribution in [2.45, 2.75) is 0 Å². The van der Waals surface area contributed by atoms with Crippen LogP contribution in [0.25, 0.3) is 66.1 Å². The van der Waals surface area contributed by atoms with E-state index < -0.39 is 165 Å². The van der Waals surface area contributed by atoms with Crippen molar-refractivity contribution in [2.24, 2.45) is 0 Å². The lowest BCUT2D eigenvalue weighted by Gasteiger charge is -2.19. The highest BCUT2D eigenvalue weighted by atomic mass is 14.2. The van der Waals surface area contributed by atoms with Gasteiger partial charge in [0, 0.05) is 0 Å². The van der Waals surface area contributed by atoms with E-state index in [1.54, 1.807) is 30.3 Å². The molecule has 0 heteroatoms. The molecule has 0 nitrogen and oxygen atoms in total. The molecule has 38 heavy (non-hydrogen) atoms. The van der Waals surface area contributed by atoms with E-state index in [4.69, 9.17) is 19.2 Å². The van der Waals surface area contributed by atoms with Gasteiger partial charge >= 0.3 is 0 Å². The fourth-order valence-corrected chi connectivity index (χ4v) is 4.45. The zero-order chi connectivity index (χ0) is 42.7. The quantitative estimate of drug-likeness (QED) is 0.210. The number of rotatable bonds is 4. The number of hydrogen-bond acceptors (Lipinski definition) is 0. The van der Waals surface area contributed by atoms with E-state index in [1.165, 1.54) is 0 Å². The Labute approximate surface area is 251 Å². The maximum Gasteiger partial charge on any atom is 0.0636 e. The van der Waals surface area contributed by atoms with Gasteiger partial charge in [-0.1, -0.05) is 139 Å². The van der Waals surface area contributed by atoms with E-state index in [0.29, 0.717) is 0 Å². The minimum Gasteiger partial charge on any atom is -0.0622 e. The van der Waals surface area contributed by atoms with E-state index in [2.05, 4.69) is 0 Å². The van der Waals surface area contributed by atoms with Crippen LogP contribution in [-0.2, 0) is 0 Å². The lowest BCUT2D eigenvalue weighted by atomic mass is 9.84. The number of hydrogen-bond donors (Lipinski definition) is 0. The molecule has 7 aromatic rings. The van der Waals surface area contributed by atoms with E-state index in [-0.39, 0.29) is 21.9 Å². The molecule has 0 bridgehead atoms. The summed E-state index contributed by atoms with van der Waals surface area (Å²) in [6.45, 7) is 0. The SMILES string of the molecule is [2H]c1c([2H])c([2H])c(-c2cc(-c3c([2H])c([2H])c([2H])c([2H])c3[2H])c([2H])c(-c3c4c([2H])c([2H])c([2H])c([2H])c4c(-c4ccccc4)c4c([2H])c([2H])c([2H])c([2H])c34)c2[2H])c([2H])c1[2H]. The summed E-state index contributed by atoms with van der Waals surface area (Å²) >= 11 is 0. The standard InChI is InChI=1S/C38H26/c1-4-14-27(15-5-1)30-24-31(28-16-6-2-7-17-28)26-32(25-30)38-35-22-12-10-20-33(35)37(29-18-8-3-9-19-29)34-21-11-13-23-36(34)38/h1-26H/i1D,2D,4D,5D,6D,7D,10D,11D,12D,13D,14D,15D,16D,17D,20D,21D,22D,23D,25D,26D. The maximum atomic E-state index is 9.71. The van der Waals surface area contributed by atoms with E-state index in [0.717, 1.165) is 6.07 Å². The van der Waals surface area contributed by atoms with Gasteiger partial charge < -0.3 is 0 Å². The summed E-state index contributed by atoms with van der Waals surface area (Å²) in [5, 5.41) is -1.34. The van der Waals surface area contributed by atoms with Crippen molar-refractivity contribution < 1.29 is 27.4 Å². The van der Waals surface area contributed by atoms with Crippen molar-refractivity contribution in [3.63, 3.8) is 0 Å². The van der Waals surface area contributed by atoms with Crippen molar-refractivity contribution in [3.8, 4) is 44.5 Å². The maximum absolute atomic E-state index is 9.71. The Hall–Kier alpha value is -4.94. The van der Waals surface area contributed by atoms with Crippen LogP contribution in [0, 0.1) is 0 Å². The first kappa shape index (κ1) is 9.74. The summed E-state index contributed by atoms with van der Waals surface area (Å²) in [5.74, 6) is 0. The third-order valence-corrected chi connectivity index (χ3v) is 6.03. The second-order valence-electron chi connectivity index (χ2n) is 8.21. The van der Waals surface area contributed by atoms with Gasteiger partial charge in [0.2, 0.25) is 0 Å². The van der Waals surface area contributed by atoms with Crippen LogP contribution < -0.4 is 0 Å². The summed E-state index contributed by atoms with van der Waals surface area (Å²) in [5.41, 5.74) is -3.10. The van der Waals surface area contributed by atoms with Gasteiger partial charge in [-0.25, -0.2) is 0 Å². The Morgan fingerprint density at radius 3 is 1.18 bits per heavy atom. The summed E-state index contributed by atoms with van der Waals surface area (Å²) in [6.07, 6.45) is 0. The smallest absolute Gasteiger partial charge is 0.0622 e. The van der Waals surface area contributed by atoms with Crippen molar-refractivity contribution in [2.75, 3.05) is 0 Å². The topological polar surface area (TPSA) is 0 Å². The lowest BCUT2D eigenvalue weighted by Crippen LogP contribution is -1.92. The van der Waals surface area contributed by atoms with E-state index in [9.17, 15) is 8.22 Å². The molecule has 0 heterocycles. The first-order valence-corrected chi connectivity index (χ1v) is 11.5. The minimum absolute atomic E-state index is 0.0287. The highest BCUT2D eigenvalue weighted by molar-refractivity contribution is 6.21. The fourth-order valence-electron chi connectivity index (χ4n) is 4.45. The molecule has 0 aliphatic rings. The van der Waals surface area contributed by atoms with Crippen molar-refractivity contribution >= 4 is 21.5 Å². The molecule has 178 valence electrons. The van der Waals surface area contributed by atoms with Crippen LogP contribution in [0.4, 0.5) is 0 Å². The molecule has 0 aliphatic carbocycles. The van der Waals surface area contributed by atoms with Crippen molar-refractivity contribution in [1.82, 2.24) is 0 Å². The molecule has 0 saturated carbocycles. The normalized spacial score (nSPS) is 18.5. The molecule has 0 spiro atoms. The Morgan fingerprint density at radius 2 is 0.737 bits per heavy atom. The van der Waals surface area contributed by atoms with Gasteiger partial charge in [-0.3, -0.25) is 0 Å². The molecule has 0 radical (unpaired) electrons. The molecule has 7 aromatic carbocycles. The number of fused-ring (bicyclic) bond motifs is 2. The molecule has 0 atom stereocenters. The molecular weight excluding hydrogens is 456 g/mol. The second-order valence-corrected chi connectivity index (χ2v) is 8.21. The van der Waals surface area contributed by atoms with Gasteiger partial charge in [0.05, 0.1) is 27.4 Å². The third-order valence-electron chi connectivity index (χ3n) is 6.03. The van der Waals surface area contributed by atoms with Crippen LogP contribution in [0.15, 0.2) is 157 Å². The summed E-state index contributed by atoms with van der Waals surface area (Å²) in [7, 11) is 0. The number of benzene rings is 7. The molecule has 7 rings (SSSR count). The summed E-state index contributed by atoms with van der Waals surface area (Å²) in [4.78, 5) is 0. The Bertz CT molecular complexity index is 2760. The highest BCUT2D eigenvalue weighted by Gasteiger charge is 2.17. The summed E-state index contributed by atoms with van der Waals surface area (Å²) in [6, 6.07) is -6.46. The largest absolute Gasteiger partial charge is 0.0636 e. The molecule has 0 aliphatic heterocycles. The van der Waals surface area contributed by atoms with Gasteiger partial charge in [0.15, 0.2) is 0 Å². The fraction of sp³-hybridized carbons (Fsp3) is 0. The predicted octanol–water partition coefficient (Wildman–Crippen LogP) is 10.7. The first-order chi connectivity index (χ1) is 27.2. The monoisotopic (exact) mass is 502 g/mol. The van der Waals surface area contributed by atoms with Crippen LogP contribution in [-0.4, -0.2) is 0 Å². The first-order valence-electron chi connectivity index (χ1n) is 21.5. The molecular formula is C38H26. The van der Waals surface area contributed by atoms with E-state index >= 15 is 0 Å². The Balaban J connectivity index is 1.90. The zero-order valence-corrected chi connectivity index (χ0v) is 19.5. The van der Waals surface area contributed by atoms with Crippen molar-refractivity contribution in [3.05, 3.63) is 157 Å². The van der Waals surface area contributed by atoms with Gasteiger partial charge in [0.25, 0.3) is 0 Å². The third kappa shape index (κ3) is 3.88. The van der Waals surface area contributed by atoms with Crippen LogP contribution >= 0.6 is 0 Å². The second kappa shape index (κ2) is 9.50. The van der Waals surface area contributed by atoms with E-state index in [1.807, 2.05) is 0 Å². The zero-order valence-electron chi connectivity index (χ0n) is 39.5. The van der Waals surface area contributed by atoms with Crippen LogP contribution in [0.2, 0.25) is 0 Å². The highest BCUT2D eigenvalue weighted by Crippen LogP contribution is 2.45. The van der Waals surface area contributed by atoms with Crippen LogP contribution in [0.1, 0.15) is 27.4 Å². The van der Waals surface area contributed by atoms with Gasteiger partial charge in [-0.2, -0.15) is 0 Å².